The predicted molar refractivity (Wildman–Crippen MR) is 76.3 cm³/mol. The molecule has 0 aliphatic carbocycles. The van der Waals surface area contributed by atoms with E-state index in [0.717, 1.165) is 4.47 Å². The lowest BCUT2D eigenvalue weighted by atomic mass is 10.1. The zero-order valence-electron chi connectivity index (χ0n) is 9.72. The second-order valence-electron chi connectivity index (χ2n) is 3.89. The van der Waals surface area contributed by atoms with Crippen molar-refractivity contribution < 1.29 is 15.0 Å². The third-order valence-electron chi connectivity index (χ3n) is 2.49. The number of carbonyl (C=O) groups excluding carboxylic acids is 1. The molecule has 0 aliphatic heterocycles. The Morgan fingerprint density at radius 1 is 1.16 bits per heavy atom. The van der Waals surface area contributed by atoms with Crippen LogP contribution in [0.15, 0.2) is 40.9 Å². The Labute approximate surface area is 117 Å². The molecule has 0 heterocycles. The number of rotatable bonds is 2. The fourth-order valence-corrected chi connectivity index (χ4v) is 1.92. The number of amides is 1. The van der Waals surface area contributed by atoms with Crippen LogP contribution in [0.1, 0.15) is 10.4 Å². The second kappa shape index (κ2) is 5.19. The maximum absolute atomic E-state index is 12.0. The first-order chi connectivity index (χ1) is 8.97. The summed E-state index contributed by atoms with van der Waals surface area (Å²) in [6, 6.07) is 8.73. The number of anilines is 2. The molecule has 0 radical (unpaired) electrons. The van der Waals surface area contributed by atoms with Gasteiger partial charge in [0.25, 0.3) is 5.91 Å². The largest absolute Gasteiger partial charge is 0.508 e. The van der Waals surface area contributed by atoms with E-state index in [1.165, 1.54) is 18.2 Å². The lowest BCUT2D eigenvalue weighted by molar-refractivity contribution is 0.102. The first-order valence-corrected chi connectivity index (χ1v) is 6.15. The molecule has 0 aliphatic rings. The Hall–Kier alpha value is -2.21. The minimum absolute atomic E-state index is 0.0256. The first kappa shape index (κ1) is 13.2. The second-order valence-corrected chi connectivity index (χ2v) is 4.80. The minimum atomic E-state index is -0.553. The summed E-state index contributed by atoms with van der Waals surface area (Å²) >= 11 is 3.26. The summed E-state index contributed by atoms with van der Waals surface area (Å²) in [5.74, 6) is -0.875. The Bertz CT molecular complexity index is 644. The van der Waals surface area contributed by atoms with Crippen molar-refractivity contribution in [1.82, 2.24) is 0 Å². The summed E-state index contributed by atoms with van der Waals surface area (Å²) in [6.45, 7) is 0. The van der Waals surface area contributed by atoms with Gasteiger partial charge >= 0.3 is 0 Å². The van der Waals surface area contributed by atoms with Crippen LogP contribution >= 0.6 is 15.9 Å². The third kappa shape index (κ3) is 2.97. The smallest absolute Gasteiger partial charge is 0.259 e. The Kier molecular flexibility index (Phi) is 3.62. The number of carbonyl (C=O) groups is 1. The number of nitrogens with one attached hydrogen (secondary N) is 1. The van der Waals surface area contributed by atoms with E-state index in [4.69, 9.17) is 5.73 Å². The van der Waals surface area contributed by atoms with Crippen LogP contribution in [0.2, 0.25) is 0 Å². The van der Waals surface area contributed by atoms with Crippen LogP contribution in [0, 0.1) is 0 Å². The highest BCUT2D eigenvalue weighted by Crippen LogP contribution is 2.26. The van der Waals surface area contributed by atoms with Gasteiger partial charge < -0.3 is 21.3 Å². The number of aromatic hydroxyl groups is 2. The molecule has 0 aromatic heterocycles. The fraction of sp³-hybridized carbons (Fsp3) is 0. The molecule has 0 bridgehead atoms. The van der Waals surface area contributed by atoms with E-state index in [1.54, 1.807) is 18.2 Å². The van der Waals surface area contributed by atoms with Crippen molar-refractivity contribution in [2.75, 3.05) is 11.1 Å². The number of benzene rings is 2. The van der Waals surface area contributed by atoms with Crippen LogP contribution < -0.4 is 11.1 Å². The van der Waals surface area contributed by atoms with E-state index in [1.807, 2.05) is 0 Å². The molecule has 19 heavy (non-hydrogen) atoms. The summed E-state index contributed by atoms with van der Waals surface area (Å²) < 4.78 is 0.795. The number of phenolic OH excluding ortho intramolecular Hbond substituents is 2. The van der Waals surface area contributed by atoms with Gasteiger partial charge in [-0.2, -0.15) is 0 Å². The molecule has 1 amide bonds. The summed E-state index contributed by atoms with van der Waals surface area (Å²) in [4.78, 5) is 12.0. The molecule has 0 spiro atoms. The molecular formula is C13H11BrN2O3. The zero-order valence-corrected chi connectivity index (χ0v) is 11.3. The SMILES string of the molecule is Nc1cc(Br)ccc1NC(=O)c1cc(O)ccc1O. The van der Waals surface area contributed by atoms with Crippen LogP contribution in [-0.2, 0) is 0 Å². The van der Waals surface area contributed by atoms with Crippen molar-refractivity contribution in [1.29, 1.82) is 0 Å². The highest BCUT2D eigenvalue weighted by Gasteiger charge is 2.13. The van der Waals surface area contributed by atoms with E-state index in [-0.39, 0.29) is 17.1 Å². The maximum atomic E-state index is 12.0. The van der Waals surface area contributed by atoms with Gasteiger partial charge in [-0.25, -0.2) is 0 Å². The maximum Gasteiger partial charge on any atom is 0.259 e. The van der Waals surface area contributed by atoms with Crippen molar-refractivity contribution in [3.63, 3.8) is 0 Å². The molecule has 6 heteroatoms. The van der Waals surface area contributed by atoms with Crippen LogP contribution in [-0.4, -0.2) is 16.1 Å². The van der Waals surface area contributed by atoms with E-state index in [9.17, 15) is 15.0 Å². The van der Waals surface area contributed by atoms with Gasteiger partial charge in [-0.1, -0.05) is 15.9 Å². The van der Waals surface area contributed by atoms with Crippen molar-refractivity contribution in [2.24, 2.45) is 0 Å². The van der Waals surface area contributed by atoms with Gasteiger partial charge in [0, 0.05) is 4.47 Å². The van der Waals surface area contributed by atoms with Crippen LogP contribution in [0.5, 0.6) is 11.5 Å². The monoisotopic (exact) mass is 322 g/mol. The number of halogens is 1. The van der Waals surface area contributed by atoms with Crippen molar-refractivity contribution >= 4 is 33.2 Å². The van der Waals surface area contributed by atoms with Crippen molar-refractivity contribution in [3.8, 4) is 11.5 Å². The van der Waals surface area contributed by atoms with Gasteiger partial charge in [0.05, 0.1) is 16.9 Å². The molecule has 5 N–H and O–H groups in total. The number of hydrogen-bond acceptors (Lipinski definition) is 4. The molecule has 0 atom stereocenters. The first-order valence-electron chi connectivity index (χ1n) is 5.36. The summed E-state index contributed by atoms with van der Waals surface area (Å²) in [6.07, 6.45) is 0. The van der Waals surface area contributed by atoms with Gasteiger partial charge in [0.15, 0.2) is 0 Å². The molecule has 0 saturated carbocycles. The molecule has 5 nitrogen and oxygen atoms in total. The summed E-state index contributed by atoms with van der Waals surface area (Å²) in [7, 11) is 0. The standard InChI is InChI=1S/C13H11BrN2O3/c14-7-1-3-11(10(15)5-7)16-13(19)9-6-8(17)2-4-12(9)18/h1-6,17-18H,15H2,(H,16,19). The number of hydrogen-bond donors (Lipinski definition) is 4. The third-order valence-corrected chi connectivity index (χ3v) is 2.98. The summed E-state index contributed by atoms with van der Waals surface area (Å²) in [5, 5.41) is 21.5. The lowest BCUT2D eigenvalue weighted by Gasteiger charge is -2.09. The highest BCUT2D eigenvalue weighted by atomic mass is 79.9. The molecule has 98 valence electrons. The van der Waals surface area contributed by atoms with Crippen LogP contribution in [0.25, 0.3) is 0 Å². The van der Waals surface area contributed by atoms with Gasteiger partial charge in [0.2, 0.25) is 0 Å². The van der Waals surface area contributed by atoms with Crippen LogP contribution in [0.3, 0.4) is 0 Å². The molecule has 2 aromatic rings. The fourth-order valence-electron chi connectivity index (χ4n) is 1.54. The van der Waals surface area contributed by atoms with Gasteiger partial charge in [-0.3, -0.25) is 4.79 Å². The van der Waals surface area contributed by atoms with Gasteiger partial charge in [0.1, 0.15) is 11.5 Å². The van der Waals surface area contributed by atoms with E-state index in [2.05, 4.69) is 21.2 Å². The highest BCUT2D eigenvalue weighted by molar-refractivity contribution is 9.10. The minimum Gasteiger partial charge on any atom is -0.508 e. The van der Waals surface area contributed by atoms with Gasteiger partial charge in [-0.05, 0) is 36.4 Å². The predicted octanol–water partition coefficient (Wildman–Crippen LogP) is 2.69. The molecule has 2 rings (SSSR count). The van der Waals surface area contributed by atoms with Crippen molar-refractivity contribution in [3.05, 3.63) is 46.4 Å². The normalized spacial score (nSPS) is 10.2. The van der Waals surface area contributed by atoms with E-state index in [0.29, 0.717) is 11.4 Å². The lowest BCUT2D eigenvalue weighted by Crippen LogP contribution is -2.13. The van der Waals surface area contributed by atoms with Crippen LogP contribution in [0.4, 0.5) is 11.4 Å². The number of phenols is 2. The molecule has 0 fully saturated rings. The molecule has 0 saturated heterocycles. The Balaban J connectivity index is 2.28. The van der Waals surface area contributed by atoms with E-state index >= 15 is 0 Å². The van der Waals surface area contributed by atoms with Gasteiger partial charge in [-0.15, -0.1) is 0 Å². The Morgan fingerprint density at radius 2 is 1.89 bits per heavy atom. The average molecular weight is 323 g/mol. The molecule has 2 aromatic carbocycles. The molecule has 0 unspecified atom stereocenters. The number of nitrogens with two attached hydrogens (primary N) is 1. The zero-order chi connectivity index (χ0) is 14.0. The Morgan fingerprint density at radius 3 is 2.58 bits per heavy atom. The topological polar surface area (TPSA) is 95.6 Å². The average Bonchev–Trinajstić information content (AvgIpc) is 2.35. The van der Waals surface area contributed by atoms with Crippen molar-refractivity contribution in [2.45, 2.75) is 0 Å². The summed E-state index contributed by atoms with van der Waals surface area (Å²) in [5.41, 5.74) is 6.55. The molecular weight excluding hydrogens is 312 g/mol. The quantitative estimate of drug-likeness (QED) is 0.505. The van der Waals surface area contributed by atoms with E-state index < -0.39 is 5.91 Å². The number of nitrogen functional groups attached to an aromatic ring is 1.